The van der Waals surface area contributed by atoms with Crippen LogP contribution in [-0.2, 0) is 14.3 Å². The van der Waals surface area contributed by atoms with Gasteiger partial charge in [0.25, 0.3) is 10.1 Å². The molecule has 34 heavy (non-hydrogen) atoms. The number of aromatic hydroxyl groups is 1. The molecule has 0 atom stereocenters. The highest BCUT2D eigenvalue weighted by molar-refractivity contribution is 7.86. The molecule has 3 rings (SSSR count). The van der Waals surface area contributed by atoms with Crippen LogP contribution in [0.2, 0.25) is 0 Å². The molecule has 0 aromatic heterocycles. The molecular weight excluding hydrogens is 464 g/mol. The number of hydrogen-bond donors (Lipinski definition) is 2. The van der Waals surface area contributed by atoms with Crippen LogP contribution in [0.4, 0.5) is 0 Å². The highest BCUT2D eigenvalue weighted by Crippen LogP contribution is 2.28. The minimum absolute atomic E-state index is 0.238. The highest BCUT2D eigenvalue weighted by Gasteiger charge is 2.13. The van der Waals surface area contributed by atoms with Gasteiger partial charge in [0.05, 0.1) is 11.5 Å². The molecule has 3 aromatic carbocycles. The van der Waals surface area contributed by atoms with E-state index in [1.54, 1.807) is 42.5 Å². The first-order chi connectivity index (χ1) is 16.5. The summed E-state index contributed by atoms with van der Waals surface area (Å²) >= 11 is 4.29. The molecule has 6 heteroatoms. The van der Waals surface area contributed by atoms with E-state index >= 15 is 0 Å². The van der Waals surface area contributed by atoms with Crippen LogP contribution in [0.5, 0.6) is 5.75 Å². The standard InChI is InChI=1S/C18H30O3S.C10H8OS/c1-2-3-4-5-6-7-8-9-10-14-17-21-22(19,20)18-15-12-11-13-16-18;11-9-5-6-10(12)8-4-2-1-3-7(8)9/h11-13,15-16H,2-10,14,17H2,1H3;1-6,11-12H. The van der Waals surface area contributed by atoms with E-state index in [4.69, 9.17) is 4.18 Å². The second-order valence-corrected chi connectivity index (χ2v) is 10.5. The summed E-state index contributed by atoms with van der Waals surface area (Å²) in [5.74, 6) is 0.309. The van der Waals surface area contributed by atoms with Crippen LogP contribution in [0.15, 0.2) is 76.5 Å². The van der Waals surface area contributed by atoms with Gasteiger partial charge in [0.15, 0.2) is 0 Å². The summed E-state index contributed by atoms with van der Waals surface area (Å²) in [7, 11) is -3.57. The molecule has 0 unspecified atom stereocenters. The van der Waals surface area contributed by atoms with Crippen LogP contribution < -0.4 is 0 Å². The van der Waals surface area contributed by atoms with E-state index in [-0.39, 0.29) is 11.5 Å². The number of phenolic OH excluding ortho intramolecular Hbond substituents is 1. The van der Waals surface area contributed by atoms with Crippen molar-refractivity contribution in [1.29, 1.82) is 0 Å². The lowest BCUT2D eigenvalue weighted by atomic mass is 10.1. The second kappa shape index (κ2) is 15.8. The van der Waals surface area contributed by atoms with E-state index < -0.39 is 10.1 Å². The fraction of sp³-hybridized carbons (Fsp3) is 0.429. The average molecular weight is 503 g/mol. The van der Waals surface area contributed by atoms with Gasteiger partial charge in [-0.15, -0.1) is 12.6 Å². The second-order valence-electron chi connectivity index (χ2n) is 8.42. The van der Waals surface area contributed by atoms with Crippen molar-refractivity contribution in [3.05, 3.63) is 66.7 Å². The molecule has 186 valence electrons. The highest BCUT2D eigenvalue weighted by atomic mass is 32.2. The van der Waals surface area contributed by atoms with E-state index in [0.29, 0.717) is 5.75 Å². The van der Waals surface area contributed by atoms with Gasteiger partial charge in [0, 0.05) is 10.3 Å². The Morgan fingerprint density at radius 3 is 1.82 bits per heavy atom. The molecule has 0 fully saturated rings. The van der Waals surface area contributed by atoms with E-state index in [1.807, 2.05) is 24.3 Å². The van der Waals surface area contributed by atoms with Gasteiger partial charge in [0.2, 0.25) is 0 Å². The van der Waals surface area contributed by atoms with Crippen LogP contribution in [0.1, 0.15) is 71.1 Å². The molecule has 3 aromatic rings. The van der Waals surface area contributed by atoms with Crippen molar-refractivity contribution in [2.24, 2.45) is 0 Å². The van der Waals surface area contributed by atoms with E-state index in [9.17, 15) is 13.5 Å². The summed E-state index contributed by atoms with van der Waals surface area (Å²) in [6, 6.07) is 19.4. The molecule has 0 amide bonds. The Balaban J connectivity index is 0.000000283. The normalized spacial score (nSPS) is 11.2. The summed E-state index contributed by atoms with van der Waals surface area (Å²) in [4.78, 5) is 1.13. The average Bonchev–Trinajstić information content (AvgIpc) is 2.86. The Morgan fingerprint density at radius 2 is 1.24 bits per heavy atom. The Labute approximate surface area is 210 Å². The van der Waals surface area contributed by atoms with Crippen molar-refractivity contribution in [2.45, 2.75) is 80.9 Å². The predicted molar refractivity (Wildman–Crippen MR) is 144 cm³/mol. The molecule has 0 saturated heterocycles. The number of thiol groups is 1. The summed E-state index contributed by atoms with van der Waals surface area (Å²) in [5.41, 5.74) is 0. The molecule has 0 saturated carbocycles. The quantitative estimate of drug-likeness (QED) is 0.141. The molecule has 1 N–H and O–H groups in total. The maximum atomic E-state index is 11.9. The van der Waals surface area contributed by atoms with Gasteiger partial charge in [-0.2, -0.15) is 8.42 Å². The van der Waals surface area contributed by atoms with Crippen molar-refractivity contribution in [2.75, 3.05) is 6.61 Å². The van der Waals surface area contributed by atoms with Crippen LogP contribution in [0, 0.1) is 0 Å². The van der Waals surface area contributed by atoms with Crippen LogP contribution in [0.25, 0.3) is 10.8 Å². The fourth-order valence-electron chi connectivity index (χ4n) is 3.68. The topological polar surface area (TPSA) is 63.6 Å². The first-order valence-electron chi connectivity index (χ1n) is 12.3. The third kappa shape index (κ3) is 10.1. The number of benzene rings is 3. The Bertz CT molecular complexity index is 1030. The molecule has 0 heterocycles. The van der Waals surface area contributed by atoms with Crippen molar-refractivity contribution in [3.8, 4) is 5.75 Å². The third-order valence-electron chi connectivity index (χ3n) is 5.65. The summed E-state index contributed by atoms with van der Waals surface area (Å²) in [6.45, 7) is 2.52. The van der Waals surface area contributed by atoms with Gasteiger partial charge in [-0.05, 0) is 36.1 Å². The van der Waals surface area contributed by atoms with Crippen molar-refractivity contribution in [3.63, 3.8) is 0 Å². The predicted octanol–water partition coefficient (Wildman–Crippen LogP) is 8.15. The molecule has 0 bridgehead atoms. The van der Waals surface area contributed by atoms with E-state index in [0.717, 1.165) is 28.5 Å². The number of unbranched alkanes of at least 4 members (excludes halogenated alkanes) is 9. The smallest absolute Gasteiger partial charge is 0.296 e. The van der Waals surface area contributed by atoms with Crippen molar-refractivity contribution >= 4 is 33.5 Å². The van der Waals surface area contributed by atoms with E-state index in [2.05, 4.69) is 19.6 Å². The zero-order valence-electron chi connectivity index (χ0n) is 20.2. The van der Waals surface area contributed by atoms with Crippen LogP contribution >= 0.6 is 12.6 Å². The number of rotatable bonds is 13. The van der Waals surface area contributed by atoms with Gasteiger partial charge in [-0.25, -0.2) is 0 Å². The molecular formula is C28H38O4S2. The number of phenols is 1. The number of hydrogen-bond acceptors (Lipinski definition) is 5. The summed E-state index contributed by atoms with van der Waals surface area (Å²) in [6.07, 6.45) is 12.3. The van der Waals surface area contributed by atoms with Crippen molar-refractivity contribution < 1.29 is 17.7 Å². The van der Waals surface area contributed by atoms with Gasteiger partial charge >= 0.3 is 0 Å². The first kappa shape index (κ1) is 28.2. The van der Waals surface area contributed by atoms with Gasteiger partial charge in [-0.3, -0.25) is 4.18 Å². The maximum absolute atomic E-state index is 11.9. The molecule has 4 nitrogen and oxygen atoms in total. The lowest BCUT2D eigenvalue weighted by Gasteiger charge is -2.05. The minimum atomic E-state index is -3.57. The number of fused-ring (bicyclic) bond motifs is 1. The lowest BCUT2D eigenvalue weighted by molar-refractivity contribution is 0.306. The van der Waals surface area contributed by atoms with Gasteiger partial charge in [-0.1, -0.05) is 107 Å². The molecule has 0 aliphatic heterocycles. The van der Waals surface area contributed by atoms with Crippen LogP contribution in [0.3, 0.4) is 0 Å². The van der Waals surface area contributed by atoms with Gasteiger partial charge < -0.3 is 5.11 Å². The first-order valence-corrected chi connectivity index (χ1v) is 14.2. The molecule has 0 aliphatic carbocycles. The zero-order valence-corrected chi connectivity index (χ0v) is 21.9. The maximum Gasteiger partial charge on any atom is 0.296 e. The van der Waals surface area contributed by atoms with Crippen molar-refractivity contribution in [1.82, 2.24) is 0 Å². The minimum Gasteiger partial charge on any atom is -0.507 e. The SMILES string of the molecule is CCCCCCCCCCCCOS(=O)(=O)c1ccccc1.Oc1ccc(S)c2ccccc12. The summed E-state index contributed by atoms with van der Waals surface area (Å²) in [5, 5.41) is 11.3. The van der Waals surface area contributed by atoms with E-state index in [1.165, 1.54) is 51.4 Å². The Kier molecular flexibility index (Phi) is 13.1. The molecule has 0 aliphatic rings. The lowest BCUT2D eigenvalue weighted by Crippen LogP contribution is -2.07. The zero-order chi connectivity index (χ0) is 24.7. The Hall–Kier alpha value is -2.02. The largest absolute Gasteiger partial charge is 0.507 e. The van der Waals surface area contributed by atoms with Crippen LogP contribution in [-0.4, -0.2) is 20.1 Å². The molecule has 0 spiro atoms. The monoisotopic (exact) mass is 502 g/mol. The Morgan fingerprint density at radius 1 is 0.706 bits per heavy atom. The fourth-order valence-corrected chi connectivity index (χ4v) is 4.91. The molecule has 0 radical (unpaired) electrons. The summed E-state index contributed by atoms with van der Waals surface area (Å²) < 4.78 is 28.8. The third-order valence-corrected chi connectivity index (χ3v) is 7.36. The van der Waals surface area contributed by atoms with Gasteiger partial charge in [0.1, 0.15) is 5.75 Å².